The average Bonchev–Trinajstić information content (AvgIpc) is 3.24. The molecular weight excluding hydrogens is 831 g/mol. The highest BCUT2D eigenvalue weighted by molar-refractivity contribution is 7.47. The second kappa shape index (κ2) is 38.4. The van der Waals surface area contributed by atoms with Gasteiger partial charge in [-0.15, -0.1) is 0 Å². The summed E-state index contributed by atoms with van der Waals surface area (Å²) in [7, 11) is -4.70. The molecule has 0 radical (unpaired) electrons. The number of ether oxygens (including phenoxy) is 3. The van der Waals surface area contributed by atoms with Gasteiger partial charge in [0.1, 0.15) is 12.7 Å². The van der Waals surface area contributed by atoms with Crippen molar-refractivity contribution in [3.8, 4) is 0 Å². The predicted molar refractivity (Wildman–Crippen MR) is 245 cm³/mol. The Balaban J connectivity index is 2.42. The number of hydrogen-bond donors (Lipinski definition) is 6. The van der Waals surface area contributed by atoms with Crippen molar-refractivity contribution in [3.63, 3.8) is 0 Å². The van der Waals surface area contributed by atoms with Gasteiger partial charge in [-0.3, -0.25) is 18.6 Å². The number of carbonyl (C=O) groups is 2. The maximum absolute atomic E-state index is 12.8. The van der Waals surface area contributed by atoms with E-state index in [2.05, 4.69) is 25.3 Å². The number of rotatable bonds is 41. The lowest BCUT2D eigenvalue weighted by Gasteiger charge is -2.36. The molecule has 2 unspecified atom stereocenters. The van der Waals surface area contributed by atoms with Crippen LogP contribution in [0.15, 0.2) is 24.3 Å². The summed E-state index contributed by atoms with van der Waals surface area (Å²) in [5.74, 6) is -0.629. The van der Waals surface area contributed by atoms with Crippen molar-refractivity contribution < 1.29 is 67.8 Å². The van der Waals surface area contributed by atoms with Gasteiger partial charge in [-0.2, -0.15) is 0 Å². The van der Waals surface area contributed by atoms with Crippen LogP contribution in [0.25, 0.3) is 0 Å². The summed E-state index contributed by atoms with van der Waals surface area (Å²) in [5, 5.41) is 49.4. The van der Waals surface area contributed by atoms with Crippen molar-refractivity contribution in [2.75, 3.05) is 26.4 Å². The Morgan fingerprint density at radius 1 is 0.730 bits per heavy atom. The molecule has 1 heterocycles. The van der Waals surface area contributed by atoms with Gasteiger partial charge in [0.05, 0.1) is 38.1 Å². The summed E-state index contributed by atoms with van der Waals surface area (Å²) in [6, 6.07) is 0. The van der Waals surface area contributed by atoms with E-state index in [-0.39, 0.29) is 25.2 Å². The van der Waals surface area contributed by atoms with E-state index in [1.807, 2.05) is 12.2 Å². The molecule has 0 spiro atoms. The van der Waals surface area contributed by atoms with Crippen LogP contribution in [-0.2, 0) is 37.4 Å². The molecule has 6 N–H and O–H groups in total. The van der Waals surface area contributed by atoms with Crippen molar-refractivity contribution in [1.29, 1.82) is 0 Å². The minimum Gasteiger partial charge on any atom is -0.462 e. The van der Waals surface area contributed by atoms with Gasteiger partial charge in [-0.25, -0.2) is 4.57 Å². The third-order valence-corrected chi connectivity index (χ3v) is 12.3. The number of allylic oxidation sites excluding steroid dienone is 2. The summed E-state index contributed by atoms with van der Waals surface area (Å²) < 4.78 is 38.5. The maximum atomic E-state index is 12.8. The van der Waals surface area contributed by atoms with Gasteiger partial charge in [0, 0.05) is 25.2 Å². The lowest BCUT2D eigenvalue weighted by atomic mass is 9.87. The minimum atomic E-state index is -4.70. The molecule has 0 aromatic heterocycles. The van der Waals surface area contributed by atoms with Crippen LogP contribution >= 0.6 is 7.82 Å². The van der Waals surface area contributed by atoms with Crippen molar-refractivity contribution >= 4 is 19.8 Å². The molecule has 1 rings (SSSR count). The summed E-state index contributed by atoms with van der Waals surface area (Å²) >= 11 is 0. The number of unbranched alkanes of at least 4 members (excludes halogenated alkanes) is 18. The molecule has 1 saturated heterocycles. The summed E-state index contributed by atoms with van der Waals surface area (Å²) in [6.45, 7) is 4.33. The second-order valence-electron chi connectivity index (χ2n) is 17.9. The van der Waals surface area contributed by atoms with Crippen LogP contribution in [0.5, 0.6) is 0 Å². The van der Waals surface area contributed by atoms with E-state index in [0.717, 1.165) is 44.4 Å². The van der Waals surface area contributed by atoms with Crippen LogP contribution in [0.4, 0.5) is 0 Å². The van der Waals surface area contributed by atoms with Gasteiger partial charge in [-0.1, -0.05) is 167 Å². The molecule has 1 aliphatic rings. The molecule has 1 aliphatic heterocycles. The highest BCUT2D eigenvalue weighted by Gasteiger charge is 2.35. The highest BCUT2D eigenvalue weighted by atomic mass is 31.2. The van der Waals surface area contributed by atoms with Crippen LogP contribution < -0.4 is 0 Å². The first kappa shape index (κ1) is 59.3. The highest BCUT2D eigenvalue weighted by Crippen LogP contribution is 2.43. The van der Waals surface area contributed by atoms with E-state index in [9.17, 15) is 39.5 Å². The fraction of sp³-hybridized carbons (Fsp3) is 0.875. The Morgan fingerprint density at radius 2 is 1.29 bits per heavy atom. The van der Waals surface area contributed by atoms with Crippen LogP contribution in [0.2, 0.25) is 0 Å². The molecule has 14 nitrogen and oxygen atoms in total. The molecule has 0 saturated carbocycles. The van der Waals surface area contributed by atoms with Crippen LogP contribution in [0.1, 0.15) is 194 Å². The molecule has 0 amide bonds. The SMILES string of the molecule is CCCCC[C@H](O)/C=C/[C@H]1OC(O)C[C@H](O)[C@@H]1C/C=C\CCCC(=O)O[C@H](COC(=O)CCCCCCCCCCCCCCCCCCC(C)C)COP(=O)(O)OC[C@@H](O)CO. The number of esters is 2. The Hall–Kier alpha value is -1.71. The van der Waals surface area contributed by atoms with Gasteiger partial charge in [0.25, 0.3) is 0 Å². The Labute approximate surface area is 380 Å². The first-order chi connectivity index (χ1) is 30.3. The molecule has 8 atom stereocenters. The molecule has 15 heteroatoms. The van der Waals surface area contributed by atoms with E-state index in [1.54, 1.807) is 12.2 Å². The number of aliphatic hydroxyl groups excluding tert-OH is 5. The molecular formula is C48H89O14P. The third-order valence-electron chi connectivity index (χ3n) is 11.3. The van der Waals surface area contributed by atoms with E-state index < -0.39 is 83.0 Å². The fourth-order valence-corrected chi connectivity index (χ4v) is 8.24. The minimum absolute atomic E-state index is 0.00767. The van der Waals surface area contributed by atoms with Gasteiger partial charge in [0.2, 0.25) is 0 Å². The molecule has 0 aromatic rings. The van der Waals surface area contributed by atoms with Gasteiger partial charge < -0.3 is 44.6 Å². The Morgan fingerprint density at radius 3 is 1.87 bits per heavy atom. The molecule has 63 heavy (non-hydrogen) atoms. The topological polar surface area (TPSA) is 219 Å². The zero-order valence-corrected chi connectivity index (χ0v) is 40.1. The van der Waals surface area contributed by atoms with Crippen molar-refractivity contribution in [3.05, 3.63) is 24.3 Å². The quantitative estimate of drug-likeness (QED) is 0.0146. The Bertz CT molecular complexity index is 1230. The predicted octanol–water partition coefficient (Wildman–Crippen LogP) is 9.30. The average molecular weight is 921 g/mol. The second-order valence-corrected chi connectivity index (χ2v) is 19.3. The van der Waals surface area contributed by atoms with Crippen LogP contribution in [0, 0.1) is 11.8 Å². The maximum Gasteiger partial charge on any atom is 0.472 e. The van der Waals surface area contributed by atoms with Gasteiger partial charge >= 0.3 is 19.8 Å². The summed E-state index contributed by atoms with van der Waals surface area (Å²) in [5.41, 5.74) is 0. The lowest BCUT2D eigenvalue weighted by molar-refractivity contribution is -0.199. The molecule has 0 aromatic carbocycles. The van der Waals surface area contributed by atoms with Crippen LogP contribution in [-0.4, -0.2) is 106 Å². The van der Waals surface area contributed by atoms with Crippen molar-refractivity contribution in [1.82, 2.24) is 0 Å². The van der Waals surface area contributed by atoms with E-state index in [0.29, 0.717) is 32.1 Å². The van der Waals surface area contributed by atoms with Gasteiger partial charge in [-0.05, 0) is 38.0 Å². The molecule has 0 bridgehead atoms. The fourth-order valence-electron chi connectivity index (χ4n) is 7.45. The molecule has 1 fully saturated rings. The van der Waals surface area contributed by atoms with Gasteiger partial charge in [0.15, 0.2) is 12.4 Å². The normalized spacial score (nSPS) is 20.6. The summed E-state index contributed by atoms with van der Waals surface area (Å²) in [4.78, 5) is 35.3. The standard InChI is InChI=1S/C48H89O14P/c1-4-5-22-28-40(50)32-33-45-43(44(52)34-48(55)62-45)29-24-20-21-26-31-47(54)61-42(38-60-63(56,57)59-36-41(51)35-49)37-58-46(53)30-25-19-17-15-13-11-9-7-6-8-10-12-14-16-18-23-27-39(2)3/h20,24,32-33,39-45,48-52,55H,4-19,21-23,25-31,34-38H2,1-3H3,(H,56,57)/b24-20-,33-32+/t40-,41-,42+,43-,44-,45+,48?/m0/s1. The van der Waals surface area contributed by atoms with Crippen molar-refractivity contribution in [2.45, 2.75) is 231 Å². The Kier molecular flexibility index (Phi) is 36.1. The molecule has 0 aliphatic carbocycles. The summed E-state index contributed by atoms with van der Waals surface area (Å²) in [6.07, 6.45) is 27.6. The van der Waals surface area contributed by atoms with Crippen molar-refractivity contribution in [2.24, 2.45) is 11.8 Å². The first-order valence-corrected chi connectivity index (χ1v) is 26.0. The zero-order chi connectivity index (χ0) is 46.6. The largest absolute Gasteiger partial charge is 0.472 e. The number of phosphoric acid groups is 1. The molecule has 370 valence electrons. The monoisotopic (exact) mass is 921 g/mol. The smallest absolute Gasteiger partial charge is 0.462 e. The zero-order valence-electron chi connectivity index (χ0n) is 39.2. The number of hydrogen-bond acceptors (Lipinski definition) is 13. The lowest BCUT2D eigenvalue weighted by Crippen LogP contribution is -2.43. The first-order valence-electron chi connectivity index (χ1n) is 24.5. The van der Waals surface area contributed by atoms with Crippen LogP contribution in [0.3, 0.4) is 0 Å². The van der Waals surface area contributed by atoms with E-state index >= 15 is 0 Å². The van der Waals surface area contributed by atoms with E-state index in [4.69, 9.17) is 23.8 Å². The number of carbonyl (C=O) groups excluding carboxylic acids is 2. The number of aliphatic hydroxyl groups is 5. The third kappa shape index (κ3) is 34.3. The number of phosphoric ester groups is 1. The van der Waals surface area contributed by atoms with E-state index in [1.165, 1.54) is 83.5 Å².